The molecule has 2 aromatic carbocycles. The lowest BCUT2D eigenvalue weighted by molar-refractivity contribution is 0.0536. The highest BCUT2D eigenvalue weighted by Gasteiger charge is 2.50. The lowest BCUT2D eigenvalue weighted by Gasteiger charge is -2.35. The van der Waals surface area contributed by atoms with E-state index in [9.17, 15) is 0 Å². The van der Waals surface area contributed by atoms with Crippen LogP contribution in [-0.4, -0.2) is 39.1 Å². The summed E-state index contributed by atoms with van der Waals surface area (Å²) in [5.74, 6) is -0.513. The average molecular weight is 349 g/mol. The van der Waals surface area contributed by atoms with Gasteiger partial charge in [-0.25, -0.2) is 0 Å². The zero-order valence-electron chi connectivity index (χ0n) is 15.9. The molecule has 2 heterocycles. The minimum absolute atomic E-state index is 0.513. The zero-order valence-corrected chi connectivity index (χ0v) is 15.9. The highest BCUT2D eigenvalue weighted by atomic mass is 16.5. The van der Waals surface area contributed by atoms with Crippen LogP contribution < -0.4 is 14.7 Å². The molecule has 1 unspecified atom stereocenters. The molecule has 2 aromatic rings. The Balaban J connectivity index is 1.60. The third-order valence-electron chi connectivity index (χ3n) is 5.55. The van der Waals surface area contributed by atoms with Gasteiger partial charge in [0, 0.05) is 32.4 Å². The lowest BCUT2D eigenvalue weighted by Crippen LogP contribution is -2.51. The number of hydrogen-bond donors (Lipinski definition) is 0. The second-order valence-electron chi connectivity index (χ2n) is 6.80. The third-order valence-corrected chi connectivity index (χ3v) is 5.55. The van der Waals surface area contributed by atoms with Crippen molar-refractivity contribution in [3.63, 3.8) is 0 Å². The maximum Gasteiger partial charge on any atom is 0.242 e. The maximum absolute atomic E-state index is 6.23. The molecule has 0 spiro atoms. The van der Waals surface area contributed by atoms with E-state index >= 15 is 0 Å². The Labute approximate surface area is 156 Å². The largest absolute Gasteiger partial charge is 0.372 e. The van der Waals surface area contributed by atoms with Gasteiger partial charge in [0.25, 0.3) is 0 Å². The summed E-state index contributed by atoms with van der Waals surface area (Å²) in [5, 5.41) is 0. The van der Waals surface area contributed by atoms with Gasteiger partial charge in [-0.2, -0.15) is 0 Å². The fraction of sp³-hybridized carbons (Fsp3) is 0.364. The van der Waals surface area contributed by atoms with Crippen molar-refractivity contribution in [2.75, 3.05) is 48.0 Å². The van der Waals surface area contributed by atoms with Gasteiger partial charge < -0.3 is 19.4 Å². The highest BCUT2D eigenvalue weighted by Crippen LogP contribution is 2.47. The Hall–Kier alpha value is -2.46. The number of fused-ring (bicyclic) bond motifs is 3. The smallest absolute Gasteiger partial charge is 0.242 e. The Bertz CT molecular complexity index is 797. The summed E-state index contributed by atoms with van der Waals surface area (Å²) in [5.41, 5.74) is 4.92. The zero-order chi connectivity index (χ0) is 18.1. The van der Waals surface area contributed by atoms with Crippen molar-refractivity contribution < 1.29 is 4.74 Å². The number of para-hydroxylation sites is 2. The van der Waals surface area contributed by atoms with E-state index < -0.39 is 5.85 Å². The van der Waals surface area contributed by atoms with Crippen molar-refractivity contribution in [3.8, 4) is 0 Å². The molecule has 136 valence electrons. The van der Waals surface area contributed by atoms with Crippen molar-refractivity contribution in [3.05, 3.63) is 60.2 Å². The van der Waals surface area contributed by atoms with E-state index in [0.29, 0.717) is 0 Å². The topological polar surface area (TPSA) is 19.0 Å². The van der Waals surface area contributed by atoms with Gasteiger partial charge in [-0.15, -0.1) is 0 Å². The van der Waals surface area contributed by atoms with Crippen molar-refractivity contribution in [1.29, 1.82) is 0 Å². The summed E-state index contributed by atoms with van der Waals surface area (Å²) in [6.45, 7) is 8.09. The van der Waals surface area contributed by atoms with Gasteiger partial charge in [0.2, 0.25) is 5.85 Å². The van der Waals surface area contributed by atoms with Crippen LogP contribution >= 0.6 is 0 Å². The Morgan fingerprint density at radius 1 is 1.04 bits per heavy atom. The van der Waals surface area contributed by atoms with Gasteiger partial charge in [0.15, 0.2) is 0 Å². The van der Waals surface area contributed by atoms with Crippen LogP contribution in [0.4, 0.5) is 17.1 Å². The predicted octanol–water partition coefficient (Wildman–Crippen LogP) is 4.19. The average Bonchev–Trinajstić information content (AvgIpc) is 3.21. The van der Waals surface area contributed by atoms with Crippen LogP contribution in [0.5, 0.6) is 0 Å². The first-order valence-electron chi connectivity index (χ1n) is 9.48. The molecule has 0 amide bonds. The van der Waals surface area contributed by atoms with Gasteiger partial charge >= 0.3 is 0 Å². The maximum atomic E-state index is 6.23. The van der Waals surface area contributed by atoms with Crippen LogP contribution in [0.3, 0.4) is 0 Å². The SMILES string of the molecule is CCN(CC)c1ccc(/C=C/C23OCCN2c2ccccc2N3C)cc1. The van der Waals surface area contributed by atoms with Crippen LogP contribution in [0.15, 0.2) is 54.6 Å². The van der Waals surface area contributed by atoms with Crippen molar-refractivity contribution in [2.24, 2.45) is 0 Å². The van der Waals surface area contributed by atoms with Gasteiger partial charge in [-0.05, 0) is 49.8 Å². The Morgan fingerprint density at radius 3 is 2.42 bits per heavy atom. The third kappa shape index (κ3) is 2.56. The molecule has 0 radical (unpaired) electrons. The summed E-state index contributed by atoms with van der Waals surface area (Å²) in [7, 11) is 2.11. The van der Waals surface area contributed by atoms with Crippen LogP contribution in [0, 0.1) is 0 Å². The van der Waals surface area contributed by atoms with Crippen LogP contribution in [0.2, 0.25) is 0 Å². The summed E-state index contributed by atoms with van der Waals surface area (Å²) in [6, 6.07) is 17.3. The number of anilines is 3. The highest BCUT2D eigenvalue weighted by molar-refractivity contribution is 5.80. The molecule has 1 saturated heterocycles. The molecule has 4 nitrogen and oxygen atoms in total. The standard InChI is InChI=1S/C22H27N3O/c1-4-24(5-2)19-12-10-18(11-13-19)14-15-22-23(3)20-8-6-7-9-21(20)25(22)16-17-26-22/h6-15H,4-5,16-17H2,1-3H3/b15-14+. The van der Waals surface area contributed by atoms with Gasteiger partial charge in [-0.1, -0.05) is 30.3 Å². The minimum atomic E-state index is -0.513. The normalized spacial score (nSPS) is 21.3. The van der Waals surface area contributed by atoms with E-state index in [0.717, 1.165) is 26.2 Å². The van der Waals surface area contributed by atoms with Crippen LogP contribution in [0.25, 0.3) is 6.08 Å². The van der Waals surface area contributed by atoms with Crippen LogP contribution in [-0.2, 0) is 4.74 Å². The first-order chi connectivity index (χ1) is 12.7. The molecule has 0 bridgehead atoms. The van der Waals surface area contributed by atoms with Crippen molar-refractivity contribution in [1.82, 2.24) is 0 Å². The van der Waals surface area contributed by atoms with Gasteiger partial charge in [0.1, 0.15) is 0 Å². The summed E-state index contributed by atoms with van der Waals surface area (Å²) >= 11 is 0. The molecule has 2 aliphatic heterocycles. The quantitative estimate of drug-likeness (QED) is 0.806. The first-order valence-corrected chi connectivity index (χ1v) is 9.48. The molecule has 4 rings (SSSR count). The number of rotatable bonds is 5. The number of likely N-dealkylation sites (N-methyl/N-ethyl adjacent to an activating group) is 1. The Kier molecular flexibility index (Phi) is 4.37. The summed E-state index contributed by atoms with van der Waals surface area (Å²) < 4.78 is 6.23. The molecule has 0 saturated carbocycles. The second-order valence-corrected chi connectivity index (χ2v) is 6.80. The van der Waals surface area contributed by atoms with Gasteiger partial charge in [-0.3, -0.25) is 0 Å². The molecule has 0 aliphatic carbocycles. The summed E-state index contributed by atoms with van der Waals surface area (Å²) in [4.78, 5) is 6.94. The molecule has 1 fully saturated rings. The number of hydrogen-bond acceptors (Lipinski definition) is 4. The van der Waals surface area contributed by atoms with Crippen LogP contribution in [0.1, 0.15) is 19.4 Å². The second kappa shape index (κ2) is 6.69. The van der Waals surface area contributed by atoms with Crippen molar-refractivity contribution in [2.45, 2.75) is 19.7 Å². The fourth-order valence-corrected chi connectivity index (χ4v) is 4.08. The monoisotopic (exact) mass is 349 g/mol. The molecular formula is C22H27N3O. The molecule has 0 aromatic heterocycles. The van der Waals surface area contributed by atoms with E-state index in [1.54, 1.807) is 0 Å². The van der Waals surface area contributed by atoms with E-state index in [2.05, 4.69) is 96.3 Å². The molecule has 4 heteroatoms. The predicted molar refractivity (Wildman–Crippen MR) is 110 cm³/mol. The molecule has 0 N–H and O–H groups in total. The van der Waals surface area contributed by atoms with E-state index in [4.69, 9.17) is 4.74 Å². The number of benzene rings is 2. The number of ether oxygens (including phenoxy) is 1. The fourth-order valence-electron chi connectivity index (χ4n) is 4.08. The molecule has 26 heavy (non-hydrogen) atoms. The lowest BCUT2D eigenvalue weighted by atomic mass is 10.1. The Morgan fingerprint density at radius 2 is 1.73 bits per heavy atom. The first kappa shape index (κ1) is 17.0. The molecular weight excluding hydrogens is 322 g/mol. The van der Waals surface area contributed by atoms with E-state index in [-0.39, 0.29) is 0 Å². The molecule has 1 atom stereocenters. The van der Waals surface area contributed by atoms with Gasteiger partial charge in [0.05, 0.1) is 18.0 Å². The minimum Gasteiger partial charge on any atom is -0.372 e. The number of nitrogens with zero attached hydrogens (tertiary/aromatic N) is 3. The van der Waals surface area contributed by atoms with E-state index in [1.807, 2.05) is 0 Å². The van der Waals surface area contributed by atoms with E-state index in [1.165, 1.54) is 22.6 Å². The molecule has 2 aliphatic rings. The summed E-state index contributed by atoms with van der Waals surface area (Å²) in [6.07, 6.45) is 4.36. The van der Waals surface area contributed by atoms with Crippen molar-refractivity contribution >= 4 is 23.1 Å².